The highest BCUT2D eigenvalue weighted by molar-refractivity contribution is 6.04. The lowest BCUT2D eigenvalue weighted by atomic mass is 10.1. The van der Waals surface area contributed by atoms with Crippen molar-refractivity contribution >= 4 is 22.7 Å². The van der Waals surface area contributed by atoms with Gasteiger partial charge in [-0.1, -0.05) is 17.3 Å². The van der Waals surface area contributed by atoms with Crippen molar-refractivity contribution in [1.82, 2.24) is 10.1 Å². The summed E-state index contributed by atoms with van der Waals surface area (Å²) in [6.45, 7) is 0. The third-order valence-electron chi connectivity index (χ3n) is 3.77. The van der Waals surface area contributed by atoms with Crippen LogP contribution in [0.4, 0.5) is 5.69 Å². The maximum Gasteiger partial charge on any atom is 0.417 e. The smallest absolute Gasteiger partial charge is 0.417 e. The number of amides is 1. The quantitative estimate of drug-likeness (QED) is 0.585. The highest BCUT2D eigenvalue weighted by Crippen LogP contribution is 2.25. The van der Waals surface area contributed by atoms with Crippen LogP contribution in [0, 0.1) is 0 Å². The molecule has 0 aliphatic rings. The Morgan fingerprint density at radius 3 is 2.92 bits per heavy atom. The number of methoxy groups -OCH3 is 1. The van der Waals surface area contributed by atoms with E-state index in [0.717, 1.165) is 5.56 Å². The van der Waals surface area contributed by atoms with Crippen LogP contribution in [0.25, 0.3) is 22.4 Å². The second kappa shape index (κ2) is 6.25. The number of H-pyrrole nitrogens is 1. The van der Waals surface area contributed by atoms with E-state index in [0.29, 0.717) is 28.3 Å². The first kappa shape index (κ1) is 15.7. The van der Waals surface area contributed by atoms with Crippen LogP contribution in [-0.4, -0.2) is 23.2 Å². The highest BCUT2D eigenvalue weighted by atomic mass is 16.5. The van der Waals surface area contributed by atoms with Gasteiger partial charge in [0, 0.05) is 17.3 Å². The first-order chi connectivity index (χ1) is 12.6. The van der Waals surface area contributed by atoms with Crippen molar-refractivity contribution < 1.29 is 18.5 Å². The van der Waals surface area contributed by atoms with Crippen LogP contribution in [-0.2, 0) is 0 Å². The van der Waals surface area contributed by atoms with Crippen molar-refractivity contribution in [2.24, 2.45) is 0 Å². The molecule has 0 saturated heterocycles. The molecular weight excluding hydrogens is 338 g/mol. The van der Waals surface area contributed by atoms with Crippen LogP contribution in [0.5, 0.6) is 5.75 Å². The molecule has 4 aromatic rings. The Kier molecular flexibility index (Phi) is 3.77. The monoisotopic (exact) mass is 351 g/mol. The number of aromatic nitrogens is 2. The second-order valence-electron chi connectivity index (χ2n) is 5.49. The lowest BCUT2D eigenvalue weighted by Gasteiger charge is -2.02. The summed E-state index contributed by atoms with van der Waals surface area (Å²) < 4.78 is 15.3. The van der Waals surface area contributed by atoms with Crippen molar-refractivity contribution in [2.75, 3.05) is 12.4 Å². The third-order valence-corrected chi connectivity index (χ3v) is 3.77. The summed E-state index contributed by atoms with van der Waals surface area (Å²) in [5, 5.41) is 6.50. The summed E-state index contributed by atoms with van der Waals surface area (Å²) >= 11 is 0. The van der Waals surface area contributed by atoms with E-state index >= 15 is 0 Å². The van der Waals surface area contributed by atoms with Gasteiger partial charge in [-0.2, -0.15) is 0 Å². The summed E-state index contributed by atoms with van der Waals surface area (Å²) in [5.74, 6) is 0.131. The highest BCUT2D eigenvalue weighted by Gasteiger charge is 2.15. The Labute approximate surface area is 146 Å². The maximum absolute atomic E-state index is 12.4. The zero-order valence-electron chi connectivity index (χ0n) is 13.6. The van der Waals surface area contributed by atoms with Crippen LogP contribution in [0.1, 0.15) is 10.5 Å². The maximum atomic E-state index is 12.4. The van der Waals surface area contributed by atoms with E-state index in [4.69, 9.17) is 13.7 Å². The Morgan fingerprint density at radius 1 is 1.19 bits per heavy atom. The molecule has 0 unspecified atom stereocenters. The van der Waals surface area contributed by atoms with E-state index in [9.17, 15) is 9.59 Å². The number of oxazole rings is 1. The van der Waals surface area contributed by atoms with Crippen LogP contribution in [0.15, 0.2) is 62.3 Å². The molecule has 4 rings (SSSR count). The summed E-state index contributed by atoms with van der Waals surface area (Å²) in [6.07, 6.45) is 0. The molecule has 0 fully saturated rings. The fraction of sp³-hybridized carbons (Fsp3) is 0.0556. The molecule has 0 aliphatic carbocycles. The Hall–Kier alpha value is -3.81. The largest absolute Gasteiger partial charge is 0.497 e. The molecule has 0 bridgehead atoms. The molecule has 0 radical (unpaired) electrons. The van der Waals surface area contributed by atoms with Crippen molar-refractivity contribution in [3.8, 4) is 17.1 Å². The van der Waals surface area contributed by atoms with Crippen molar-refractivity contribution in [3.63, 3.8) is 0 Å². The van der Waals surface area contributed by atoms with E-state index in [1.807, 2.05) is 18.2 Å². The lowest BCUT2D eigenvalue weighted by Crippen LogP contribution is -2.12. The van der Waals surface area contributed by atoms with Gasteiger partial charge in [-0.05, 0) is 30.3 Å². The Balaban J connectivity index is 1.56. The molecule has 0 saturated carbocycles. The number of fused-ring (bicyclic) bond motifs is 1. The number of hydrogen-bond acceptors (Lipinski definition) is 6. The number of nitrogens with one attached hydrogen (secondary N) is 2. The molecule has 0 atom stereocenters. The molecule has 26 heavy (non-hydrogen) atoms. The minimum absolute atomic E-state index is 0.128. The van der Waals surface area contributed by atoms with Crippen molar-refractivity contribution in [1.29, 1.82) is 0 Å². The number of anilines is 1. The number of ether oxygens (including phenoxy) is 1. The predicted molar refractivity (Wildman–Crippen MR) is 93.3 cm³/mol. The van der Waals surface area contributed by atoms with Gasteiger partial charge in [0.2, 0.25) is 0 Å². The van der Waals surface area contributed by atoms with Gasteiger partial charge in [0.25, 0.3) is 5.91 Å². The van der Waals surface area contributed by atoms with Crippen LogP contribution in [0.3, 0.4) is 0 Å². The minimum atomic E-state index is -0.553. The van der Waals surface area contributed by atoms with Gasteiger partial charge < -0.3 is 19.0 Å². The van der Waals surface area contributed by atoms with E-state index in [1.165, 1.54) is 0 Å². The summed E-state index contributed by atoms with van der Waals surface area (Å²) in [5.41, 5.74) is 2.27. The van der Waals surface area contributed by atoms with Gasteiger partial charge in [-0.15, -0.1) is 0 Å². The lowest BCUT2D eigenvalue weighted by molar-refractivity contribution is 0.101. The van der Waals surface area contributed by atoms with Crippen LogP contribution < -0.4 is 15.8 Å². The fourth-order valence-electron chi connectivity index (χ4n) is 2.52. The van der Waals surface area contributed by atoms with Gasteiger partial charge in [0.05, 0.1) is 12.6 Å². The molecule has 2 N–H and O–H groups in total. The Bertz CT molecular complexity index is 1150. The number of rotatable bonds is 4. The van der Waals surface area contributed by atoms with E-state index < -0.39 is 11.7 Å². The third kappa shape index (κ3) is 2.95. The molecule has 1 amide bonds. The van der Waals surface area contributed by atoms with Gasteiger partial charge in [0.1, 0.15) is 5.75 Å². The van der Waals surface area contributed by atoms with E-state index in [1.54, 1.807) is 37.4 Å². The zero-order valence-corrected chi connectivity index (χ0v) is 13.6. The normalized spacial score (nSPS) is 10.8. The Morgan fingerprint density at radius 2 is 2.08 bits per heavy atom. The summed E-state index contributed by atoms with van der Waals surface area (Å²) in [6, 6.07) is 13.6. The van der Waals surface area contributed by atoms with E-state index in [-0.39, 0.29) is 5.69 Å². The fourth-order valence-corrected chi connectivity index (χ4v) is 2.52. The van der Waals surface area contributed by atoms with Gasteiger partial charge in [0.15, 0.2) is 17.0 Å². The number of nitrogens with zero attached hydrogens (tertiary/aromatic N) is 1. The number of carbonyl (C=O) groups is 1. The van der Waals surface area contributed by atoms with Gasteiger partial charge in [-0.25, -0.2) is 4.79 Å². The van der Waals surface area contributed by atoms with Crippen molar-refractivity contribution in [3.05, 3.63) is 64.8 Å². The summed E-state index contributed by atoms with van der Waals surface area (Å²) in [7, 11) is 1.57. The molecule has 130 valence electrons. The molecule has 8 nitrogen and oxygen atoms in total. The van der Waals surface area contributed by atoms with E-state index in [2.05, 4.69) is 15.5 Å². The van der Waals surface area contributed by atoms with Crippen molar-refractivity contribution in [2.45, 2.75) is 0 Å². The van der Waals surface area contributed by atoms with Crippen LogP contribution >= 0.6 is 0 Å². The predicted octanol–water partition coefficient (Wildman–Crippen LogP) is 3.04. The first-order valence-corrected chi connectivity index (χ1v) is 7.68. The number of benzene rings is 2. The molecular formula is C18H13N3O5. The van der Waals surface area contributed by atoms with Gasteiger partial charge >= 0.3 is 5.76 Å². The molecule has 8 heteroatoms. The number of hydrogen-bond donors (Lipinski definition) is 2. The van der Waals surface area contributed by atoms with Gasteiger partial charge in [-0.3, -0.25) is 9.78 Å². The SMILES string of the molecule is COc1cccc(-c2cc(C(=O)Nc3ccc4oc(=O)[nH]c4c3)no2)c1. The zero-order chi connectivity index (χ0) is 18.1. The molecule has 2 aromatic heterocycles. The standard InChI is InChI=1S/C18H13N3O5/c1-24-12-4-2-3-10(7-12)16-9-14(21-26-16)17(22)19-11-5-6-15-13(8-11)20-18(23)25-15/h2-9H,1H3,(H,19,22)(H,20,23). The average Bonchev–Trinajstić information content (AvgIpc) is 3.27. The molecule has 2 aromatic carbocycles. The molecule has 2 heterocycles. The second-order valence-corrected chi connectivity index (χ2v) is 5.49. The summed E-state index contributed by atoms with van der Waals surface area (Å²) in [4.78, 5) is 26.1. The minimum Gasteiger partial charge on any atom is -0.497 e. The number of carbonyl (C=O) groups excluding carboxylic acids is 1. The van der Waals surface area contributed by atoms with Crippen LogP contribution in [0.2, 0.25) is 0 Å². The molecule has 0 spiro atoms. The molecule has 0 aliphatic heterocycles. The average molecular weight is 351 g/mol. The first-order valence-electron chi connectivity index (χ1n) is 7.68. The number of aromatic amines is 1. The topological polar surface area (TPSA) is 110 Å².